The Balaban J connectivity index is 2.01. The number of amides is 1. The molecule has 4 nitrogen and oxygen atoms in total. The summed E-state index contributed by atoms with van der Waals surface area (Å²) < 4.78 is 0. The largest absolute Gasteiger partial charge is 0.346 e. The van der Waals surface area contributed by atoms with Crippen LogP contribution in [0.1, 0.15) is 52.2 Å². The summed E-state index contributed by atoms with van der Waals surface area (Å²) >= 11 is 0. The Morgan fingerprint density at radius 2 is 1.94 bits per heavy atom. The number of H-pyrrole nitrogens is 1. The fraction of sp³-hybridized carbons (Fsp3) is 0.714. The summed E-state index contributed by atoms with van der Waals surface area (Å²) in [6.07, 6.45) is 1.78. The normalized spacial score (nSPS) is 22.6. The third kappa shape index (κ3) is 1.84. The van der Waals surface area contributed by atoms with Crippen molar-refractivity contribution in [3.8, 4) is 0 Å². The number of nitrogens with zero attached hydrogens (tertiary/aromatic N) is 1. The van der Waals surface area contributed by atoms with Crippen LogP contribution in [0.5, 0.6) is 0 Å². The molecule has 0 bridgehead atoms. The highest BCUT2D eigenvalue weighted by molar-refractivity contribution is 5.84. The Morgan fingerprint density at radius 3 is 2.33 bits per heavy atom. The molecule has 1 saturated carbocycles. The number of rotatable bonds is 3. The lowest BCUT2D eigenvalue weighted by Crippen LogP contribution is -2.30. The molecule has 0 spiro atoms. The zero-order valence-electron chi connectivity index (χ0n) is 12.1. The van der Waals surface area contributed by atoms with Crippen molar-refractivity contribution in [3.05, 3.63) is 17.7 Å². The molecule has 0 aliphatic heterocycles. The van der Waals surface area contributed by atoms with Crippen molar-refractivity contribution in [1.29, 1.82) is 0 Å². The molecule has 1 heterocycles. The van der Waals surface area contributed by atoms with Crippen LogP contribution < -0.4 is 5.32 Å². The summed E-state index contributed by atoms with van der Waals surface area (Å²) in [5.41, 5.74) is 1.17. The topological polar surface area (TPSA) is 57.8 Å². The quantitative estimate of drug-likeness (QED) is 0.865. The van der Waals surface area contributed by atoms with E-state index < -0.39 is 0 Å². The van der Waals surface area contributed by atoms with E-state index in [0.29, 0.717) is 0 Å². The first-order chi connectivity index (χ1) is 8.18. The van der Waals surface area contributed by atoms with E-state index in [1.807, 2.05) is 13.8 Å². The summed E-state index contributed by atoms with van der Waals surface area (Å²) in [6, 6.07) is -0.0709. The molecule has 1 amide bonds. The van der Waals surface area contributed by atoms with Crippen LogP contribution in [0.3, 0.4) is 0 Å². The highest BCUT2D eigenvalue weighted by atomic mass is 16.2. The molecule has 4 heteroatoms. The fourth-order valence-electron chi connectivity index (χ4n) is 2.87. The number of aryl methyl sites for hydroxylation is 1. The zero-order chi connectivity index (χ0) is 13.7. The minimum Gasteiger partial charge on any atom is -0.346 e. The summed E-state index contributed by atoms with van der Waals surface area (Å²) in [7, 11) is 0. The fourth-order valence-corrected chi connectivity index (χ4v) is 2.87. The minimum absolute atomic E-state index is 0.0709. The van der Waals surface area contributed by atoms with Crippen molar-refractivity contribution in [2.24, 2.45) is 16.7 Å². The first kappa shape index (κ1) is 13.1. The van der Waals surface area contributed by atoms with Gasteiger partial charge >= 0.3 is 0 Å². The van der Waals surface area contributed by atoms with Gasteiger partial charge in [-0.25, -0.2) is 4.98 Å². The van der Waals surface area contributed by atoms with Crippen molar-refractivity contribution in [2.45, 2.75) is 47.6 Å². The molecule has 0 aromatic carbocycles. The second-order valence-corrected chi connectivity index (χ2v) is 6.56. The van der Waals surface area contributed by atoms with E-state index in [0.717, 1.165) is 11.5 Å². The maximum Gasteiger partial charge on any atom is 0.224 e. The molecule has 1 atom stereocenters. The third-order valence-corrected chi connectivity index (χ3v) is 4.77. The summed E-state index contributed by atoms with van der Waals surface area (Å²) in [4.78, 5) is 19.7. The van der Waals surface area contributed by atoms with E-state index in [4.69, 9.17) is 0 Å². The van der Waals surface area contributed by atoms with Gasteiger partial charge in [-0.05, 0) is 24.7 Å². The molecule has 0 unspecified atom stereocenters. The molecule has 100 valence electrons. The summed E-state index contributed by atoms with van der Waals surface area (Å²) in [6.45, 7) is 12.5. The molecule has 1 aromatic heterocycles. The third-order valence-electron chi connectivity index (χ3n) is 4.77. The SMILES string of the molecule is Cc1cnc([C@@H](C)NC(=O)C2C(C)(C)C2(C)C)[nH]1. The van der Waals surface area contributed by atoms with E-state index in [-0.39, 0.29) is 28.7 Å². The van der Waals surface area contributed by atoms with Crippen molar-refractivity contribution in [2.75, 3.05) is 0 Å². The smallest absolute Gasteiger partial charge is 0.224 e. The van der Waals surface area contributed by atoms with Crippen LogP contribution in [-0.4, -0.2) is 15.9 Å². The molecular weight excluding hydrogens is 226 g/mol. The lowest BCUT2D eigenvalue weighted by atomic mass is 10.0. The second-order valence-electron chi connectivity index (χ2n) is 6.56. The van der Waals surface area contributed by atoms with Crippen molar-refractivity contribution >= 4 is 5.91 Å². The summed E-state index contributed by atoms with van der Waals surface area (Å²) in [5.74, 6) is 1.03. The molecular formula is C14H23N3O. The average Bonchev–Trinajstić information content (AvgIpc) is 2.58. The molecule has 2 rings (SSSR count). The van der Waals surface area contributed by atoms with Crippen LogP contribution in [0.25, 0.3) is 0 Å². The van der Waals surface area contributed by atoms with Gasteiger partial charge in [-0.2, -0.15) is 0 Å². The second kappa shape index (κ2) is 3.84. The van der Waals surface area contributed by atoms with Gasteiger partial charge in [0.15, 0.2) is 0 Å². The zero-order valence-corrected chi connectivity index (χ0v) is 12.1. The first-order valence-electron chi connectivity index (χ1n) is 6.50. The van der Waals surface area contributed by atoms with Crippen LogP contribution in [0.4, 0.5) is 0 Å². The lowest BCUT2D eigenvalue weighted by molar-refractivity contribution is -0.124. The van der Waals surface area contributed by atoms with E-state index in [2.05, 4.69) is 43.0 Å². The molecule has 2 N–H and O–H groups in total. The van der Waals surface area contributed by atoms with Crippen LogP contribution in [0.15, 0.2) is 6.20 Å². The number of carbonyl (C=O) groups is 1. The number of carbonyl (C=O) groups excluding carboxylic acids is 1. The van der Waals surface area contributed by atoms with Crippen molar-refractivity contribution in [1.82, 2.24) is 15.3 Å². The standard InChI is InChI=1S/C14H23N3O/c1-8-7-15-11(16-8)9(2)17-12(18)10-13(3,4)14(10,5)6/h7,9-10H,1-6H3,(H,15,16)(H,17,18)/t9-/m1/s1. The average molecular weight is 249 g/mol. The van der Waals surface area contributed by atoms with Gasteiger partial charge in [0.2, 0.25) is 5.91 Å². The maximum atomic E-state index is 12.3. The number of imidazole rings is 1. The van der Waals surface area contributed by atoms with Crippen LogP contribution in [0, 0.1) is 23.7 Å². The van der Waals surface area contributed by atoms with Gasteiger partial charge in [0, 0.05) is 17.8 Å². The number of hydrogen-bond donors (Lipinski definition) is 2. The Labute approximate surface area is 109 Å². The highest BCUT2D eigenvalue weighted by Gasteiger charge is 2.68. The molecule has 1 fully saturated rings. The van der Waals surface area contributed by atoms with Crippen molar-refractivity contribution in [3.63, 3.8) is 0 Å². The van der Waals surface area contributed by atoms with Gasteiger partial charge in [-0.3, -0.25) is 4.79 Å². The first-order valence-corrected chi connectivity index (χ1v) is 6.50. The van der Waals surface area contributed by atoms with Gasteiger partial charge in [0.1, 0.15) is 5.82 Å². The van der Waals surface area contributed by atoms with Crippen LogP contribution in [0.2, 0.25) is 0 Å². The van der Waals surface area contributed by atoms with Gasteiger partial charge in [0.05, 0.1) is 6.04 Å². The number of aromatic nitrogens is 2. The molecule has 1 aliphatic rings. The Morgan fingerprint density at radius 1 is 1.39 bits per heavy atom. The molecule has 0 radical (unpaired) electrons. The molecule has 1 aliphatic carbocycles. The molecule has 18 heavy (non-hydrogen) atoms. The van der Waals surface area contributed by atoms with E-state index in [1.165, 1.54) is 0 Å². The monoisotopic (exact) mass is 249 g/mol. The maximum absolute atomic E-state index is 12.3. The Hall–Kier alpha value is -1.32. The lowest BCUT2D eigenvalue weighted by Gasteiger charge is -2.12. The Kier molecular flexibility index (Phi) is 2.80. The van der Waals surface area contributed by atoms with Crippen LogP contribution >= 0.6 is 0 Å². The predicted octanol–water partition coefficient (Wildman–Crippen LogP) is 2.58. The van der Waals surface area contributed by atoms with Gasteiger partial charge in [0.25, 0.3) is 0 Å². The van der Waals surface area contributed by atoms with Gasteiger partial charge < -0.3 is 10.3 Å². The van der Waals surface area contributed by atoms with Crippen molar-refractivity contribution < 1.29 is 4.79 Å². The van der Waals surface area contributed by atoms with E-state index in [1.54, 1.807) is 6.20 Å². The highest BCUT2D eigenvalue weighted by Crippen LogP contribution is 2.68. The number of aromatic amines is 1. The van der Waals surface area contributed by atoms with Gasteiger partial charge in [-0.1, -0.05) is 27.7 Å². The number of nitrogens with one attached hydrogen (secondary N) is 2. The molecule has 1 aromatic rings. The van der Waals surface area contributed by atoms with E-state index >= 15 is 0 Å². The Bertz CT molecular complexity index is 459. The van der Waals surface area contributed by atoms with Gasteiger partial charge in [-0.15, -0.1) is 0 Å². The predicted molar refractivity (Wildman–Crippen MR) is 70.9 cm³/mol. The van der Waals surface area contributed by atoms with E-state index in [9.17, 15) is 4.79 Å². The molecule has 0 saturated heterocycles. The summed E-state index contributed by atoms with van der Waals surface area (Å²) in [5, 5.41) is 3.05. The minimum atomic E-state index is -0.0709. The van der Waals surface area contributed by atoms with Crippen LogP contribution in [-0.2, 0) is 4.79 Å². The number of hydrogen-bond acceptors (Lipinski definition) is 2.